The van der Waals surface area contributed by atoms with Crippen LogP contribution in [-0.4, -0.2) is 89.4 Å². The summed E-state index contributed by atoms with van der Waals surface area (Å²) in [7, 11) is 2.01. The lowest BCUT2D eigenvalue weighted by atomic mass is 10.0. The van der Waals surface area contributed by atoms with Crippen molar-refractivity contribution in [3.63, 3.8) is 0 Å². The molecule has 3 aromatic rings. The van der Waals surface area contributed by atoms with Crippen molar-refractivity contribution < 1.29 is 14.6 Å². The molecule has 42 heavy (non-hydrogen) atoms. The number of ether oxygens (including phenoxy) is 1. The van der Waals surface area contributed by atoms with E-state index in [2.05, 4.69) is 38.9 Å². The molecular formula is C31H36N8O3. The van der Waals surface area contributed by atoms with Crippen molar-refractivity contribution in [3.8, 4) is 17.8 Å². The fraction of sp³-hybridized carbons (Fsp3) is 0.419. The van der Waals surface area contributed by atoms with Crippen molar-refractivity contribution in [1.29, 1.82) is 5.26 Å². The minimum Gasteiger partial charge on any atom is -0.508 e. The monoisotopic (exact) mass is 568 g/mol. The Labute approximate surface area is 245 Å². The number of carbonyl (C=O) groups is 1. The SMILES string of the molecule is C=CC(=O)N1CCN(c2nc(OC[C@H]3CCNN3C)nc3c2CCN(c2cc(O)cc4ccccc24)C3)CC1CC#N. The van der Waals surface area contributed by atoms with Crippen LogP contribution < -0.4 is 20.0 Å². The van der Waals surface area contributed by atoms with Crippen LogP contribution in [0.15, 0.2) is 49.1 Å². The molecule has 2 fully saturated rings. The van der Waals surface area contributed by atoms with Crippen molar-refractivity contribution in [1.82, 2.24) is 25.3 Å². The number of likely N-dealkylation sites (N-methyl/N-ethyl adjacent to an activating group) is 1. The van der Waals surface area contributed by atoms with E-state index in [1.165, 1.54) is 6.08 Å². The topological polar surface area (TPSA) is 121 Å². The highest BCUT2D eigenvalue weighted by molar-refractivity contribution is 5.95. The third kappa shape index (κ3) is 5.43. The number of piperazine rings is 1. The highest BCUT2D eigenvalue weighted by Gasteiger charge is 2.33. The molecule has 2 N–H and O–H groups in total. The Balaban J connectivity index is 1.34. The third-order valence-electron chi connectivity index (χ3n) is 8.55. The number of aromatic hydroxyl groups is 1. The summed E-state index contributed by atoms with van der Waals surface area (Å²) in [5.41, 5.74) is 6.21. The molecule has 11 nitrogen and oxygen atoms in total. The Morgan fingerprint density at radius 3 is 2.86 bits per heavy atom. The normalized spacial score (nSPS) is 20.8. The average molecular weight is 569 g/mol. The van der Waals surface area contributed by atoms with Gasteiger partial charge in [-0.1, -0.05) is 30.8 Å². The van der Waals surface area contributed by atoms with Crippen molar-refractivity contribution in [2.45, 2.75) is 37.9 Å². The Kier molecular flexibility index (Phi) is 7.82. The number of hydrazine groups is 1. The Hall–Kier alpha value is -4.40. The van der Waals surface area contributed by atoms with Gasteiger partial charge in [0.05, 0.1) is 36.8 Å². The quantitative estimate of drug-likeness (QED) is 0.412. The number of hydrogen-bond donors (Lipinski definition) is 2. The molecule has 6 rings (SSSR count). The lowest BCUT2D eigenvalue weighted by molar-refractivity contribution is -0.128. The number of carbonyl (C=O) groups excluding carboxylic acids is 1. The van der Waals surface area contributed by atoms with Crippen LogP contribution >= 0.6 is 0 Å². The molecule has 0 bridgehead atoms. The molecular weight excluding hydrogens is 532 g/mol. The summed E-state index contributed by atoms with van der Waals surface area (Å²) in [5, 5.41) is 24.1. The van der Waals surface area contributed by atoms with Gasteiger partial charge in [0.15, 0.2) is 0 Å². The number of nitrogens with one attached hydrogen (secondary N) is 1. The second-order valence-electron chi connectivity index (χ2n) is 11.1. The van der Waals surface area contributed by atoms with Crippen LogP contribution in [0, 0.1) is 11.3 Å². The molecule has 218 valence electrons. The second kappa shape index (κ2) is 11.8. The molecule has 1 aromatic heterocycles. The van der Waals surface area contributed by atoms with Gasteiger partial charge in [0.1, 0.15) is 18.2 Å². The summed E-state index contributed by atoms with van der Waals surface area (Å²) in [6.07, 6.45) is 3.22. The Morgan fingerprint density at radius 1 is 1.21 bits per heavy atom. The van der Waals surface area contributed by atoms with E-state index in [9.17, 15) is 15.2 Å². The summed E-state index contributed by atoms with van der Waals surface area (Å²) in [5.74, 6) is 0.875. The zero-order chi connectivity index (χ0) is 29.2. The van der Waals surface area contributed by atoms with E-state index in [0.717, 1.165) is 53.0 Å². The summed E-state index contributed by atoms with van der Waals surface area (Å²) >= 11 is 0. The Morgan fingerprint density at radius 2 is 2.07 bits per heavy atom. The number of phenols is 1. The molecule has 3 aliphatic rings. The minimum absolute atomic E-state index is 0.160. The third-order valence-corrected chi connectivity index (χ3v) is 8.55. The molecule has 0 radical (unpaired) electrons. The fourth-order valence-corrected chi connectivity index (χ4v) is 6.29. The van der Waals surface area contributed by atoms with Gasteiger partial charge in [-0.25, -0.2) is 5.01 Å². The largest absolute Gasteiger partial charge is 0.508 e. The maximum atomic E-state index is 12.5. The van der Waals surface area contributed by atoms with Crippen LogP contribution in [0.3, 0.4) is 0 Å². The predicted octanol–water partition coefficient (Wildman–Crippen LogP) is 2.60. The summed E-state index contributed by atoms with van der Waals surface area (Å²) < 4.78 is 6.22. The van der Waals surface area contributed by atoms with Crippen molar-refractivity contribution >= 4 is 28.2 Å². The molecule has 0 saturated carbocycles. The number of benzene rings is 2. The number of aromatic nitrogens is 2. The lowest BCUT2D eigenvalue weighted by Crippen LogP contribution is -2.55. The fourth-order valence-electron chi connectivity index (χ4n) is 6.29. The molecule has 2 aromatic carbocycles. The molecule has 4 heterocycles. The number of phenolic OH excluding ortho intramolecular Hbond substituents is 1. The lowest BCUT2D eigenvalue weighted by Gasteiger charge is -2.42. The highest BCUT2D eigenvalue weighted by atomic mass is 16.5. The zero-order valence-corrected chi connectivity index (χ0v) is 23.9. The number of fused-ring (bicyclic) bond motifs is 2. The van der Waals surface area contributed by atoms with Gasteiger partial charge in [0, 0.05) is 62.5 Å². The number of amides is 1. The minimum atomic E-state index is -0.263. The van der Waals surface area contributed by atoms with Gasteiger partial charge in [-0.2, -0.15) is 15.2 Å². The number of nitriles is 1. The molecule has 1 amide bonds. The average Bonchev–Trinajstić information content (AvgIpc) is 3.42. The summed E-state index contributed by atoms with van der Waals surface area (Å²) in [4.78, 5) is 28.5. The highest BCUT2D eigenvalue weighted by Crippen LogP contribution is 2.36. The van der Waals surface area contributed by atoms with Gasteiger partial charge in [-0.05, 0) is 30.4 Å². The van der Waals surface area contributed by atoms with Gasteiger partial charge >= 0.3 is 6.01 Å². The van der Waals surface area contributed by atoms with Crippen LogP contribution in [0.25, 0.3) is 10.8 Å². The molecule has 2 saturated heterocycles. The zero-order valence-electron chi connectivity index (χ0n) is 23.9. The van der Waals surface area contributed by atoms with Gasteiger partial charge in [-0.15, -0.1) is 0 Å². The molecule has 1 unspecified atom stereocenters. The number of nitrogens with zero attached hydrogens (tertiary/aromatic N) is 7. The first kappa shape index (κ1) is 27.8. The summed E-state index contributed by atoms with van der Waals surface area (Å²) in [6, 6.07) is 14.2. The molecule has 2 atom stereocenters. The van der Waals surface area contributed by atoms with E-state index in [1.54, 1.807) is 11.0 Å². The van der Waals surface area contributed by atoms with Crippen LogP contribution in [0.4, 0.5) is 11.5 Å². The van der Waals surface area contributed by atoms with Crippen molar-refractivity contribution in [3.05, 3.63) is 60.3 Å². The number of anilines is 2. The number of hydrogen-bond acceptors (Lipinski definition) is 10. The van der Waals surface area contributed by atoms with Crippen molar-refractivity contribution in [2.75, 3.05) is 56.2 Å². The van der Waals surface area contributed by atoms with Gasteiger partial charge in [-0.3, -0.25) is 10.2 Å². The molecule has 0 aliphatic carbocycles. The first-order valence-electron chi connectivity index (χ1n) is 14.5. The van der Waals surface area contributed by atoms with Crippen LogP contribution in [-0.2, 0) is 17.8 Å². The van der Waals surface area contributed by atoms with Gasteiger partial charge in [0.2, 0.25) is 5.91 Å². The molecule has 3 aliphatic heterocycles. The molecule has 0 spiro atoms. The van der Waals surface area contributed by atoms with Gasteiger partial charge < -0.3 is 24.5 Å². The van der Waals surface area contributed by atoms with Crippen LogP contribution in [0.1, 0.15) is 24.1 Å². The van der Waals surface area contributed by atoms with Gasteiger partial charge in [0.25, 0.3) is 0 Å². The standard InChI is InChI=1S/C31H36N8O3/c1-3-29(41)39-15-14-38(18-22(39)8-11-32)30-26-10-13-37(28-17-24(40)16-21-6-4-5-7-25(21)28)19-27(26)34-31(35-30)42-20-23-9-12-33-36(23)2/h3-7,16-17,22-23,33,40H,1,8-10,12-15,18-20H2,2H3/t22?,23-/m1/s1. The van der Waals surface area contributed by atoms with E-state index in [0.29, 0.717) is 45.2 Å². The maximum absolute atomic E-state index is 12.5. The van der Waals surface area contributed by atoms with E-state index < -0.39 is 0 Å². The summed E-state index contributed by atoms with van der Waals surface area (Å²) in [6.45, 7) is 7.82. The maximum Gasteiger partial charge on any atom is 0.318 e. The van der Waals surface area contributed by atoms with E-state index in [4.69, 9.17) is 14.7 Å². The number of rotatable bonds is 7. The van der Waals surface area contributed by atoms with E-state index in [-0.39, 0.29) is 30.2 Å². The van der Waals surface area contributed by atoms with E-state index >= 15 is 0 Å². The van der Waals surface area contributed by atoms with Crippen LogP contribution in [0.2, 0.25) is 0 Å². The second-order valence-corrected chi connectivity index (χ2v) is 11.1. The van der Waals surface area contributed by atoms with E-state index in [1.807, 2.05) is 31.3 Å². The first-order valence-corrected chi connectivity index (χ1v) is 14.5. The van der Waals surface area contributed by atoms with Crippen LogP contribution in [0.5, 0.6) is 11.8 Å². The van der Waals surface area contributed by atoms with Crippen molar-refractivity contribution in [2.24, 2.45) is 0 Å². The Bertz CT molecular complexity index is 1540. The first-order chi connectivity index (χ1) is 20.4. The smallest absolute Gasteiger partial charge is 0.318 e. The molecule has 11 heteroatoms. The predicted molar refractivity (Wildman–Crippen MR) is 160 cm³/mol.